The number of hydrogen-bond acceptors (Lipinski definition) is 2. The summed E-state index contributed by atoms with van der Waals surface area (Å²) in [5, 5.41) is 3.96. The van der Waals surface area contributed by atoms with Gasteiger partial charge in [0.1, 0.15) is 5.82 Å². The second-order valence-corrected chi connectivity index (χ2v) is 7.17. The van der Waals surface area contributed by atoms with Crippen LogP contribution in [0.15, 0.2) is 30.3 Å². The molecule has 1 aromatic heterocycles. The fraction of sp³-hybridized carbons (Fsp3) is 0.375. The number of rotatable bonds is 7. The van der Waals surface area contributed by atoms with Gasteiger partial charge in [-0.2, -0.15) is 0 Å². The van der Waals surface area contributed by atoms with E-state index in [0.717, 1.165) is 23.7 Å². The molecule has 0 aliphatic heterocycles. The Bertz CT molecular complexity index is 565. The quantitative estimate of drug-likeness (QED) is 0.713. The number of benzene rings is 1. The van der Waals surface area contributed by atoms with Crippen LogP contribution in [-0.2, 0) is 12.8 Å². The van der Waals surface area contributed by atoms with E-state index in [4.69, 9.17) is 23.2 Å². The summed E-state index contributed by atoms with van der Waals surface area (Å²) >= 11 is 13.7. The van der Waals surface area contributed by atoms with Crippen molar-refractivity contribution >= 4 is 34.5 Å². The zero-order valence-corrected chi connectivity index (χ0v) is 14.2. The number of halogens is 3. The Morgan fingerprint density at radius 3 is 2.62 bits per heavy atom. The molecule has 1 nitrogen and oxygen atoms in total. The van der Waals surface area contributed by atoms with Crippen LogP contribution in [0, 0.1) is 5.82 Å². The molecule has 0 aliphatic carbocycles. The van der Waals surface area contributed by atoms with Gasteiger partial charge in [0.2, 0.25) is 0 Å². The average molecular weight is 346 g/mol. The zero-order chi connectivity index (χ0) is 15.2. The molecule has 5 heteroatoms. The van der Waals surface area contributed by atoms with Gasteiger partial charge in [-0.15, -0.1) is 11.3 Å². The van der Waals surface area contributed by atoms with Crippen molar-refractivity contribution in [1.29, 1.82) is 0 Å². The fourth-order valence-corrected chi connectivity index (χ4v) is 3.65. The van der Waals surface area contributed by atoms with E-state index in [1.54, 1.807) is 23.5 Å². The third kappa shape index (κ3) is 4.96. The minimum absolute atomic E-state index is 0.147. The molecule has 1 N–H and O–H groups in total. The summed E-state index contributed by atoms with van der Waals surface area (Å²) in [6.45, 7) is 3.01. The van der Waals surface area contributed by atoms with E-state index >= 15 is 0 Å². The van der Waals surface area contributed by atoms with E-state index in [-0.39, 0.29) is 11.9 Å². The maximum Gasteiger partial charge on any atom is 0.127 e. The highest BCUT2D eigenvalue weighted by atomic mass is 35.5. The number of nitrogens with one attached hydrogen (secondary N) is 1. The van der Waals surface area contributed by atoms with E-state index in [1.807, 2.05) is 12.1 Å². The lowest BCUT2D eigenvalue weighted by Crippen LogP contribution is -2.34. The third-order valence-electron chi connectivity index (χ3n) is 3.27. The first-order valence-electron chi connectivity index (χ1n) is 7.00. The summed E-state index contributed by atoms with van der Waals surface area (Å²) in [5.74, 6) is -0.241. The molecule has 0 spiro atoms. The predicted octanol–water partition coefficient (Wildman–Crippen LogP) is 5.35. The molecular weight excluding hydrogens is 328 g/mol. The van der Waals surface area contributed by atoms with Crippen LogP contribution in [-0.4, -0.2) is 12.6 Å². The summed E-state index contributed by atoms with van der Waals surface area (Å²) < 4.78 is 14.7. The molecule has 0 fully saturated rings. The first-order chi connectivity index (χ1) is 10.1. The summed E-state index contributed by atoms with van der Waals surface area (Å²) in [6, 6.07) is 8.90. The first kappa shape index (κ1) is 16.8. The second kappa shape index (κ2) is 8.14. The number of hydrogen-bond donors (Lipinski definition) is 1. The van der Waals surface area contributed by atoms with E-state index in [1.165, 1.54) is 10.9 Å². The van der Waals surface area contributed by atoms with Gasteiger partial charge in [0.05, 0.1) is 4.34 Å². The largest absolute Gasteiger partial charge is 0.313 e. The normalized spacial score (nSPS) is 12.6. The fourth-order valence-electron chi connectivity index (χ4n) is 2.24. The molecule has 0 amide bonds. The van der Waals surface area contributed by atoms with Crippen molar-refractivity contribution in [2.45, 2.75) is 32.2 Å². The van der Waals surface area contributed by atoms with Crippen LogP contribution in [0.4, 0.5) is 4.39 Å². The van der Waals surface area contributed by atoms with E-state index in [2.05, 4.69) is 12.2 Å². The molecule has 1 unspecified atom stereocenters. The highest BCUT2D eigenvalue weighted by molar-refractivity contribution is 7.16. The topological polar surface area (TPSA) is 12.0 Å². The van der Waals surface area contributed by atoms with Crippen molar-refractivity contribution < 1.29 is 4.39 Å². The minimum Gasteiger partial charge on any atom is -0.313 e. The van der Waals surface area contributed by atoms with Gasteiger partial charge in [0.25, 0.3) is 0 Å². The van der Waals surface area contributed by atoms with Crippen molar-refractivity contribution in [3.8, 4) is 0 Å². The Kier molecular flexibility index (Phi) is 6.49. The molecule has 0 aliphatic rings. The van der Waals surface area contributed by atoms with Gasteiger partial charge in [-0.3, -0.25) is 0 Å². The van der Waals surface area contributed by atoms with Crippen LogP contribution in [0.2, 0.25) is 9.36 Å². The van der Waals surface area contributed by atoms with Crippen LogP contribution >= 0.6 is 34.5 Å². The van der Waals surface area contributed by atoms with Gasteiger partial charge in [0, 0.05) is 21.5 Å². The average Bonchev–Trinajstić information content (AvgIpc) is 2.85. The molecule has 2 aromatic rings. The Morgan fingerprint density at radius 1 is 1.19 bits per heavy atom. The van der Waals surface area contributed by atoms with Gasteiger partial charge >= 0.3 is 0 Å². The minimum atomic E-state index is -0.241. The van der Waals surface area contributed by atoms with Crippen LogP contribution in [0.5, 0.6) is 0 Å². The van der Waals surface area contributed by atoms with Crippen molar-refractivity contribution in [3.63, 3.8) is 0 Å². The summed E-state index contributed by atoms with van der Waals surface area (Å²) in [6.07, 6.45) is 2.43. The zero-order valence-electron chi connectivity index (χ0n) is 11.8. The van der Waals surface area contributed by atoms with Gasteiger partial charge in [-0.1, -0.05) is 36.2 Å². The predicted molar refractivity (Wildman–Crippen MR) is 90.2 cm³/mol. The lowest BCUT2D eigenvalue weighted by atomic mass is 10.0. The summed E-state index contributed by atoms with van der Waals surface area (Å²) in [7, 11) is 0. The second-order valence-electron chi connectivity index (χ2n) is 4.97. The molecule has 0 radical (unpaired) electrons. The van der Waals surface area contributed by atoms with Gasteiger partial charge in [-0.25, -0.2) is 4.39 Å². The molecule has 114 valence electrons. The molecule has 1 atom stereocenters. The molecule has 0 saturated carbocycles. The van der Waals surface area contributed by atoms with Crippen LogP contribution in [0.1, 0.15) is 23.8 Å². The maximum absolute atomic E-state index is 13.9. The first-order valence-corrected chi connectivity index (χ1v) is 8.58. The Hall–Kier alpha value is -0.610. The van der Waals surface area contributed by atoms with Crippen molar-refractivity contribution in [3.05, 3.63) is 55.9 Å². The van der Waals surface area contributed by atoms with Crippen molar-refractivity contribution in [1.82, 2.24) is 5.32 Å². The lowest BCUT2D eigenvalue weighted by molar-refractivity contribution is 0.495. The van der Waals surface area contributed by atoms with Gasteiger partial charge < -0.3 is 5.32 Å². The van der Waals surface area contributed by atoms with Crippen molar-refractivity contribution in [2.75, 3.05) is 6.54 Å². The van der Waals surface area contributed by atoms with Gasteiger partial charge in [-0.05, 0) is 50.1 Å². The van der Waals surface area contributed by atoms with Crippen molar-refractivity contribution in [2.24, 2.45) is 0 Å². The van der Waals surface area contributed by atoms with Gasteiger partial charge in [0.15, 0.2) is 0 Å². The van der Waals surface area contributed by atoms with Crippen LogP contribution < -0.4 is 5.32 Å². The van der Waals surface area contributed by atoms with Crippen LogP contribution in [0.3, 0.4) is 0 Å². The summed E-state index contributed by atoms with van der Waals surface area (Å²) in [5.41, 5.74) is 0.579. The molecular formula is C16H18Cl2FNS. The molecule has 1 aromatic carbocycles. The maximum atomic E-state index is 13.9. The highest BCUT2D eigenvalue weighted by Crippen LogP contribution is 2.25. The third-order valence-corrected chi connectivity index (χ3v) is 4.88. The van der Waals surface area contributed by atoms with E-state index < -0.39 is 0 Å². The number of thiophene rings is 1. The SMILES string of the molecule is CCCNC(Cc1ccc(Cl)s1)Cc1c(F)cccc1Cl. The molecule has 1 heterocycles. The van der Waals surface area contributed by atoms with E-state index in [0.29, 0.717) is 17.0 Å². The summed E-state index contributed by atoms with van der Waals surface area (Å²) in [4.78, 5) is 1.20. The Balaban J connectivity index is 2.12. The molecule has 21 heavy (non-hydrogen) atoms. The van der Waals surface area contributed by atoms with E-state index in [9.17, 15) is 4.39 Å². The monoisotopic (exact) mass is 345 g/mol. The smallest absolute Gasteiger partial charge is 0.127 e. The molecule has 2 rings (SSSR count). The van der Waals surface area contributed by atoms with Crippen LogP contribution in [0.25, 0.3) is 0 Å². The molecule has 0 saturated heterocycles. The Labute approximate surface area is 139 Å². The molecule has 0 bridgehead atoms. The highest BCUT2D eigenvalue weighted by Gasteiger charge is 2.16. The Morgan fingerprint density at radius 2 is 2.00 bits per heavy atom. The lowest BCUT2D eigenvalue weighted by Gasteiger charge is -2.19. The standard InChI is InChI=1S/C16H18Cl2FNS/c1-2-8-20-11(9-12-6-7-16(18)21-12)10-13-14(17)4-3-5-15(13)19/h3-7,11,20H,2,8-10H2,1H3.